The summed E-state index contributed by atoms with van der Waals surface area (Å²) in [6.07, 6.45) is 0. The van der Waals surface area contributed by atoms with Gasteiger partial charge in [0.15, 0.2) is 16.8 Å². The Morgan fingerprint density at radius 1 is 1.10 bits per heavy atom. The van der Waals surface area contributed by atoms with Gasteiger partial charge in [0.25, 0.3) is 5.91 Å². The van der Waals surface area contributed by atoms with Crippen molar-refractivity contribution < 1.29 is 9.59 Å². The Bertz CT molecular complexity index is 1020. The number of aromatic nitrogens is 3. The number of hydrogen-bond acceptors (Lipinski definition) is 5. The number of nitrogens with one attached hydrogen (secondary N) is 1. The number of thioether (sulfide) groups is 1. The van der Waals surface area contributed by atoms with Gasteiger partial charge in [-0.15, -0.1) is 10.2 Å². The molecule has 150 valence electrons. The zero-order valence-corrected chi connectivity index (χ0v) is 18.9. The Hall–Kier alpha value is -2.16. The van der Waals surface area contributed by atoms with E-state index in [0.717, 1.165) is 4.47 Å². The van der Waals surface area contributed by atoms with E-state index >= 15 is 0 Å². The first-order chi connectivity index (χ1) is 13.8. The highest BCUT2D eigenvalue weighted by Gasteiger charge is 2.19. The zero-order chi connectivity index (χ0) is 21.0. The Balaban J connectivity index is 1.62. The molecule has 1 aromatic heterocycles. The van der Waals surface area contributed by atoms with Crippen molar-refractivity contribution in [2.24, 2.45) is 7.05 Å². The number of amides is 1. The average Bonchev–Trinajstić information content (AvgIpc) is 3.07. The van der Waals surface area contributed by atoms with Gasteiger partial charge >= 0.3 is 0 Å². The number of halogens is 2. The Labute approximate surface area is 186 Å². The van der Waals surface area contributed by atoms with Crippen molar-refractivity contribution in [3.05, 3.63) is 75.0 Å². The van der Waals surface area contributed by atoms with Gasteiger partial charge in [0.1, 0.15) is 0 Å². The third kappa shape index (κ3) is 5.46. The second kappa shape index (κ2) is 9.56. The van der Waals surface area contributed by atoms with Crippen LogP contribution in [-0.4, -0.2) is 32.2 Å². The fraction of sp³-hybridized carbons (Fsp3) is 0.200. The number of hydrogen-bond donors (Lipinski definition) is 1. The van der Waals surface area contributed by atoms with Gasteiger partial charge in [-0.3, -0.25) is 9.59 Å². The topological polar surface area (TPSA) is 76.9 Å². The van der Waals surface area contributed by atoms with Gasteiger partial charge in [-0.2, -0.15) is 0 Å². The molecule has 0 fully saturated rings. The summed E-state index contributed by atoms with van der Waals surface area (Å²) in [5, 5.41) is 12.4. The molecule has 0 aliphatic heterocycles. The molecule has 0 spiro atoms. The Morgan fingerprint density at radius 3 is 2.38 bits per heavy atom. The molecule has 9 heteroatoms. The molecule has 3 aromatic rings. The van der Waals surface area contributed by atoms with E-state index in [9.17, 15) is 9.59 Å². The van der Waals surface area contributed by atoms with Crippen molar-refractivity contribution in [3.8, 4) is 0 Å². The van der Waals surface area contributed by atoms with Crippen molar-refractivity contribution in [2.45, 2.75) is 18.1 Å². The number of Topliss-reactive ketones (excluding diaryl/α,β-unsaturated/α-hetero) is 1. The van der Waals surface area contributed by atoms with Gasteiger partial charge in [0.05, 0.1) is 11.8 Å². The molecule has 0 unspecified atom stereocenters. The first-order valence-electron chi connectivity index (χ1n) is 8.72. The summed E-state index contributed by atoms with van der Waals surface area (Å²) < 4.78 is 2.71. The maximum Gasteiger partial charge on any atom is 0.251 e. The van der Waals surface area contributed by atoms with E-state index in [1.807, 2.05) is 26.1 Å². The summed E-state index contributed by atoms with van der Waals surface area (Å²) in [4.78, 5) is 24.7. The van der Waals surface area contributed by atoms with Crippen LogP contribution < -0.4 is 5.32 Å². The molecule has 0 saturated heterocycles. The lowest BCUT2D eigenvalue weighted by atomic mass is 10.2. The van der Waals surface area contributed by atoms with Gasteiger partial charge in [-0.1, -0.05) is 51.4 Å². The molecule has 1 amide bonds. The average molecular weight is 494 g/mol. The molecule has 0 aliphatic rings. The molecule has 0 aliphatic carbocycles. The van der Waals surface area contributed by atoms with Crippen molar-refractivity contribution in [2.75, 3.05) is 5.75 Å². The highest BCUT2D eigenvalue weighted by molar-refractivity contribution is 9.10. The van der Waals surface area contributed by atoms with Crippen LogP contribution in [-0.2, 0) is 7.05 Å². The first kappa shape index (κ1) is 21.5. The van der Waals surface area contributed by atoms with Crippen LogP contribution in [0.4, 0.5) is 0 Å². The van der Waals surface area contributed by atoms with Crippen molar-refractivity contribution >= 4 is 51.0 Å². The van der Waals surface area contributed by atoms with Crippen molar-refractivity contribution in [1.82, 2.24) is 20.1 Å². The summed E-state index contributed by atoms with van der Waals surface area (Å²) in [6, 6.07) is 13.5. The van der Waals surface area contributed by atoms with E-state index in [1.54, 1.807) is 41.0 Å². The molecule has 3 rings (SSSR count). The number of ketones is 1. The summed E-state index contributed by atoms with van der Waals surface area (Å²) in [5.74, 6) is 0.637. The summed E-state index contributed by atoms with van der Waals surface area (Å²) >= 11 is 10.5. The molecule has 1 atom stereocenters. The van der Waals surface area contributed by atoms with Gasteiger partial charge in [0.2, 0.25) is 0 Å². The summed E-state index contributed by atoms with van der Waals surface area (Å²) in [7, 11) is 1.81. The summed E-state index contributed by atoms with van der Waals surface area (Å²) in [6.45, 7) is 1.83. The summed E-state index contributed by atoms with van der Waals surface area (Å²) in [5.41, 5.74) is 1.16. The smallest absolute Gasteiger partial charge is 0.251 e. The predicted molar refractivity (Wildman–Crippen MR) is 118 cm³/mol. The number of carbonyl (C=O) groups is 2. The van der Waals surface area contributed by atoms with Gasteiger partial charge < -0.3 is 9.88 Å². The minimum absolute atomic E-state index is 0.0103. The molecular formula is C20H18BrClN4O2S. The van der Waals surface area contributed by atoms with E-state index in [0.29, 0.717) is 27.1 Å². The lowest BCUT2D eigenvalue weighted by molar-refractivity contribution is 0.0937. The quantitative estimate of drug-likeness (QED) is 0.381. The predicted octanol–water partition coefficient (Wildman–Crippen LogP) is 4.70. The fourth-order valence-corrected chi connectivity index (χ4v) is 3.83. The largest absolute Gasteiger partial charge is 0.342 e. The van der Waals surface area contributed by atoms with Gasteiger partial charge in [0, 0.05) is 27.7 Å². The van der Waals surface area contributed by atoms with Crippen LogP contribution >= 0.6 is 39.3 Å². The zero-order valence-electron chi connectivity index (χ0n) is 15.7. The third-order valence-electron chi connectivity index (χ3n) is 4.21. The molecule has 6 nitrogen and oxygen atoms in total. The number of rotatable bonds is 7. The molecule has 1 heterocycles. The maximum atomic E-state index is 12.4. The van der Waals surface area contributed by atoms with E-state index in [4.69, 9.17) is 11.6 Å². The van der Waals surface area contributed by atoms with E-state index in [1.165, 1.54) is 11.8 Å². The van der Waals surface area contributed by atoms with Crippen LogP contribution in [0.1, 0.15) is 39.5 Å². The van der Waals surface area contributed by atoms with Crippen LogP contribution in [0.5, 0.6) is 0 Å². The fourth-order valence-electron chi connectivity index (χ4n) is 2.62. The van der Waals surface area contributed by atoms with Crippen LogP contribution in [0.2, 0.25) is 5.02 Å². The van der Waals surface area contributed by atoms with Crippen LogP contribution in [0, 0.1) is 0 Å². The SMILES string of the molecule is C[C@@H](NC(=O)c1ccc(Cl)cc1)c1nnc(SCC(=O)c2ccc(Br)cc2)n1C. The first-order valence-corrected chi connectivity index (χ1v) is 10.9. The second-order valence-electron chi connectivity index (χ2n) is 6.32. The normalized spacial score (nSPS) is 11.9. The van der Waals surface area contributed by atoms with Crippen molar-refractivity contribution in [3.63, 3.8) is 0 Å². The van der Waals surface area contributed by atoms with Crippen LogP contribution in [0.15, 0.2) is 58.2 Å². The molecule has 29 heavy (non-hydrogen) atoms. The molecular weight excluding hydrogens is 476 g/mol. The third-order valence-corrected chi connectivity index (χ3v) is 6.01. The molecule has 0 saturated carbocycles. The van der Waals surface area contributed by atoms with Gasteiger partial charge in [-0.05, 0) is 43.3 Å². The number of carbonyl (C=O) groups excluding carboxylic acids is 2. The standard InChI is InChI=1S/C20H18BrClN4O2S/c1-12(23-19(28)14-5-9-16(22)10-6-14)18-24-25-20(26(18)2)29-11-17(27)13-3-7-15(21)8-4-13/h3-10,12H,11H2,1-2H3,(H,23,28)/t12-/m1/s1. The Morgan fingerprint density at radius 2 is 1.72 bits per heavy atom. The lowest BCUT2D eigenvalue weighted by Crippen LogP contribution is -2.28. The lowest BCUT2D eigenvalue weighted by Gasteiger charge is -2.13. The number of nitrogens with zero attached hydrogens (tertiary/aromatic N) is 3. The number of benzene rings is 2. The molecule has 0 radical (unpaired) electrons. The highest BCUT2D eigenvalue weighted by Crippen LogP contribution is 2.21. The highest BCUT2D eigenvalue weighted by atomic mass is 79.9. The van der Waals surface area contributed by atoms with Crippen LogP contribution in [0.25, 0.3) is 0 Å². The van der Waals surface area contributed by atoms with E-state index in [2.05, 4.69) is 31.4 Å². The molecule has 1 N–H and O–H groups in total. The minimum atomic E-state index is -0.354. The second-order valence-corrected chi connectivity index (χ2v) is 8.62. The molecule has 0 bridgehead atoms. The van der Waals surface area contributed by atoms with Crippen LogP contribution in [0.3, 0.4) is 0 Å². The van der Waals surface area contributed by atoms with E-state index < -0.39 is 0 Å². The van der Waals surface area contributed by atoms with E-state index in [-0.39, 0.29) is 23.5 Å². The monoisotopic (exact) mass is 492 g/mol. The Kier molecular flexibility index (Phi) is 7.10. The van der Waals surface area contributed by atoms with Crippen molar-refractivity contribution in [1.29, 1.82) is 0 Å². The maximum absolute atomic E-state index is 12.4. The minimum Gasteiger partial charge on any atom is -0.342 e. The molecule has 2 aromatic carbocycles. The van der Waals surface area contributed by atoms with Gasteiger partial charge in [-0.25, -0.2) is 0 Å².